The number of amides is 2. The number of carbonyl (C=O) groups excluding carboxylic acids is 2. The molecule has 4 aromatic rings. The van der Waals surface area contributed by atoms with Crippen molar-refractivity contribution >= 4 is 56.0 Å². The number of benzene rings is 4. The van der Waals surface area contributed by atoms with Crippen LogP contribution in [0.4, 0.5) is 0 Å². The number of rotatable bonds is 3. The van der Waals surface area contributed by atoms with Crippen molar-refractivity contribution in [2.45, 2.75) is 6.92 Å². The number of imide groups is 1. The Kier molecular flexibility index (Phi) is 5.29. The van der Waals surface area contributed by atoms with Crippen LogP contribution in [0.1, 0.15) is 22.8 Å². The Morgan fingerprint density at radius 2 is 1.53 bits per heavy atom. The second-order valence-corrected chi connectivity index (χ2v) is 8.42. The van der Waals surface area contributed by atoms with E-state index in [1.165, 1.54) is 22.5 Å². The fourth-order valence-electron chi connectivity index (χ4n) is 3.75. The smallest absolute Gasteiger partial charge is 0.266 e. The molecule has 0 aliphatic carbocycles. The first-order valence-electron chi connectivity index (χ1n) is 10.2. The maximum atomic E-state index is 12.8. The summed E-state index contributed by atoms with van der Waals surface area (Å²) in [5, 5.41) is 13.6. The Balaban J connectivity index is 1.49. The molecule has 1 saturated heterocycles. The molecule has 1 aliphatic heterocycles. The molecule has 32 heavy (non-hydrogen) atoms. The van der Waals surface area contributed by atoms with Crippen LogP contribution in [0.25, 0.3) is 21.5 Å². The van der Waals surface area contributed by atoms with E-state index < -0.39 is 0 Å². The molecule has 0 radical (unpaired) electrons. The van der Waals surface area contributed by atoms with Crippen molar-refractivity contribution in [2.24, 2.45) is 10.2 Å². The number of amidine groups is 1. The highest BCUT2D eigenvalue weighted by molar-refractivity contribution is 8.15. The summed E-state index contributed by atoms with van der Waals surface area (Å²) in [6.07, 6.45) is 0. The highest BCUT2D eigenvalue weighted by Gasteiger charge is 2.34. The van der Waals surface area contributed by atoms with Gasteiger partial charge in [-0.15, -0.1) is 5.10 Å². The zero-order valence-corrected chi connectivity index (χ0v) is 18.2. The third-order valence-corrected chi connectivity index (χ3v) is 6.35. The second kappa shape index (κ2) is 8.40. The van der Waals surface area contributed by atoms with Crippen LogP contribution in [0.5, 0.6) is 0 Å². The SMILES string of the molecule is C/C(=N/N=C1/SCC(=O)N1C(=O)c1ccccc1)c1ccc2ccc3ccccc3c2c1. The average molecular weight is 438 g/mol. The van der Waals surface area contributed by atoms with Crippen molar-refractivity contribution in [3.05, 3.63) is 96.1 Å². The van der Waals surface area contributed by atoms with Gasteiger partial charge in [0, 0.05) is 5.56 Å². The van der Waals surface area contributed by atoms with Gasteiger partial charge < -0.3 is 0 Å². The molecule has 1 heterocycles. The van der Waals surface area contributed by atoms with Crippen LogP contribution in [0.2, 0.25) is 0 Å². The van der Waals surface area contributed by atoms with Gasteiger partial charge in [-0.05, 0) is 52.2 Å². The number of thioether (sulfide) groups is 1. The summed E-state index contributed by atoms with van der Waals surface area (Å²) in [4.78, 5) is 26.3. The normalized spacial score (nSPS) is 15.8. The van der Waals surface area contributed by atoms with Gasteiger partial charge in [0.15, 0.2) is 5.17 Å². The van der Waals surface area contributed by atoms with Crippen molar-refractivity contribution in [2.75, 3.05) is 5.75 Å². The van der Waals surface area contributed by atoms with Crippen LogP contribution in [0, 0.1) is 0 Å². The predicted octanol–water partition coefficient (Wildman–Crippen LogP) is 5.49. The molecule has 1 fully saturated rings. The Morgan fingerprint density at radius 1 is 0.844 bits per heavy atom. The average Bonchev–Trinajstić information content (AvgIpc) is 3.22. The highest BCUT2D eigenvalue weighted by atomic mass is 32.2. The van der Waals surface area contributed by atoms with Crippen LogP contribution >= 0.6 is 11.8 Å². The zero-order valence-electron chi connectivity index (χ0n) is 17.4. The van der Waals surface area contributed by atoms with E-state index in [1.54, 1.807) is 24.3 Å². The van der Waals surface area contributed by atoms with Crippen molar-refractivity contribution < 1.29 is 9.59 Å². The van der Waals surface area contributed by atoms with Crippen molar-refractivity contribution in [1.82, 2.24) is 4.90 Å². The number of fused-ring (bicyclic) bond motifs is 3. The molecular formula is C26H19N3O2S. The predicted molar refractivity (Wildman–Crippen MR) is 131 cm³/mol. The van der Waals surface area contributed by atoms with Gasteiger partial charge >= 0.3 is 0 Å². The quantitative estimate of drug-likeness (QED) is 0.184. The Bertz CT molecular complexity index is 1430. The molecule has 0 spiro atoms. The highest BCUT2D eigenvalue weighted by Crippen LogP contribution is 2.27. The van der Waals surface area contributed by atoms with Gasteiger partial charge in [0.05, 0.1) is 11.5 Å². The molecule has 0 bridgehead atoms. The summed E-state index contributed by atoms with van der Waals surface area (Å²) in [6, 6.07) is 27.4. The minimum Gasteiger partial charge on any atom is -0.273 e. The molecule has 1 aliphatic rings. The van der Waals surface area contributed by atoms with Crippen molar-refractivity contribution in [3.63, 3.8) is 0 Å². The van der Waals surface area contributed by atoms with E-state index in [0.29, 0.717) is 16.4 Å². The Morgan fingerprint density at radius 3 is 2.34 bits per heavy atom. The Hall–Kier alpha value is -3.77. The molecule has 0 unspecified atom stereocenters. The molecule has 156 valence electrons. The largest absolute Gasteiger partial charge is 0.273 e. The summed E-state index contributed by atoms with van der Waals surface area (Å²) in [5.41, 5.74) is 2.09. The van der Waals surface area contributed by atoms with E-state index in [-0.39, 0.29) is 17.6 Å². The molecule has 0 atom stereocenters. The van der Waals surface area contributed by atoms with E-state index in [1.807, 2.05) is 31.2 Å². The fraction of sp³-hybridized carbons (Fsp3) is 0.0769. The van der Waals surface area contributed by atoms with Gasteiger partial charge in [-0.2, -0.15) is 5.10 Å². The first-order valence-corrected chi connectivity index (χ1v) is 11.2. The van der Waals surface area contributed by atoms with Crippen LogP contribution in [0.3, 0.4) is 0 Å². The van der Waals surface area contributed by atoms with Gasteiger partial charge in [-0.3, -0.25) is 9.59 Å². The number of nitrogens with zero attached hydrogens (tertiary/aromatic N) is 3. The minimum atomic E-state index is -0.385. The molecule has 0 saturated carbocycles. The lowest BCUT2D eigenvalue weighted by molar-refractivity contribution is -0.122. The second-order valence-electron chi connectivity index (χ2n) is 7.48. The number of hydrogen-bond donors (Lipinski definition) is 0. The van der Waals surface area contributed by atoms with E-state index in [0.717, 1.165) is 21.2 Å². The van der Waals surface area contributed by atoms with Gasteiger partial charge in [0.2, 0.25) is 5.91 Å². The van der Waals surface area contributed by atoms with E-state index in [2.05, 4.69) is 46.6 Å². The van der Waals surface area contributed by atoms with Crippen LogP contribution < -0.4 is 0 Å². The molecule has 6 heteroatoms. The van der Waals surface area contributed by atoms with E-state index >= 15 is 0 Å². The fourth-order valence-corrected chi connectivity index (χ4v) is 4.54. The standard InChI is InChI=1S/C26H19N3O2S/c1-17(21-14-13-19-12-11-18-7-5-6-10-22(18)23(19)15-21)27-28-26-29(24(30)16-32-26)25(31)20-8-3-2-4-9-20/h2-15H,16H2,1H3/b27-17-,28-26+. The van der Waals surface area contributed by atoms with Gasteiger partial charge in [0.25, 0.3) is 5.91 Å². The maximum absolute atomic E-state index is 12.8. The molecule has 5 nitrogen and oxygen atoms in total. The molecular weight excluding hydrogens is 418 g/mol. The van der Waals surface area contributed by atoms with E-state index in [9.17, 15) is 9.59 Å². The summed E-state index contributed by atoms with van der Waals surface area (Å²) in [5.74, 6) is -0.495. The maximum Gasteiger partial charge on any atom is 0.266 e. The summed E-state index contributed by atoms with van der Waals surface area (Å²) < 4.78 is 0. The van der Waals surface area contributed by atoms with Crippen LogP contribution in [-0.4, -0.2) is 33.3 Å². The van der Waals surface area contributed by atoms with Crippen molar-refractivity contribution in [1.29, 1.82) is 0 Å². The van der Waals surface area contributed by atoms with Gasteiger partial charge in [-0.1, -0.05) is 78.5 Å². The van der Waals surface area contributed by atoms with Crippen LogP contribution in [0.15, 0.2) is 95.1 Å². The molecule has 2 amide bonds. The molecule has 4 aromatic carbocycles. The number of hydrogen-bond acceptors (Lipinski definition) is 5. The summed E-state index contributed by atoms with van der Waals surface area (Å²) >= 11 is 1.22. The lowest BCUT2D eigenvalue weighted by Crippen LogP contribution is -2.35. The van der Waals surface area contributed by atoms with Gasteiger partial charge in [0.1, 0.15) is 0 Å². The number of carbonyl (C=O) groups is 2. The third-order valence-electron chi connectivity index (χ3n) is 5.44. The van der Waals surface area contributed by atoms with Crippen molar-refractivity contribution in [3.8, 4) is 0 Å². The first-order chi connectivity index (χ1) is 15.6. The first kappa shape index (κ1) is 20.2. The molecule has 0 N–H and O–H groups in total. The lowest BCUT2D eigenvalue weighted by Gasteiger charge is -2.13. The van der Waals surface area contributed by atoms with Gasteiger partial charge in [-0.25, -0.2) is 4.90 Å². The third kappa shape index (κ3) is 3.69. The lowest BCUT2D eigenvalue weighted by atomic mass is 9.99. The monoisotopic (exact) mass is 437 g/mol. The Labute approximate surface area is 189 Å². The summed E-state index contributed by atoms with van der Waals surface area (Å²) in [7, 11) is 0. The molecule has 0 aromatic heterocycles. The zero-order chi connectivity index (χ0) is 22.1. The van der Waals surface area contributed by atoms with E-state index in [4.69, 9.17) is 0 Å². The molecule has 5 rings (SSSR count). The topological polar surface area (TPSA) is 62.1 Å². The minimum absolute atomic E-state index is 0.175. The van der Waals surface area contributed by atoms with Crippen LogP contribution in [-0.2, 0) is 4.79 Å². The summed E-state index contributed by atoms with van der Waals surface area (Å²) in [6.45, 7) is 1.88.